The number of nitrogens with zero attached hydrogens (tertiary/aromatic N) is 1. The molecule has 1 heterocycles. The van der Waals surface area contributed by atoms with Crippen LogP contribution in [0.2, 0.25) is 0 Å². The first kappa shape index (κ1) is 14.9. The number of carbonyl (C=O) groups is 1. The highest BCUT2D eigenvalue weighted by Crippen LogP contribution is 2.30. The van der Waals surface area contributed by atoms with Crippen molar-refractivity contribution in [1.29, 1.82) is 0 Å². The van der Waals surface area contributed by atoms with E-state index >= 15 is 0 Å². The predicted octanol–water partition coefficient (Wildman–Crippen LogP) is 1.44. The highest BCUT2D eigenvalue weighted by Gasteiger charge is 2.29. The minimum absolute atomic E-state index is 0.0419. The summed E-state index contributed by atoms with van der Waals surface area (Å²) in [6, 6.07) is 5.45. The predicted molar refractivity (Wildman–Crippen MR) is 74.3 cm³/mol. The largest absolute Gasteiger partial charge is 0.388 e. The molecule has 0 aromatic heterocycles. The molecule has 1 saturated heterocycles. The van der Waals surface area contributed by atoms with Gasteiger partial charge in [0.15, 0.2) is 0 Å². The molecule has 0 spiro atoms. The maximum Gasteiger partial charge on any atom is 0.239 e. The van der Waals surface area contributed by atoms with E-state index in [1.54, 1.807) is 24.0 Å². The van der Waals surface area contributed by atoms with Crippen LogP contribution in [-0.4, -0.2) is 35.0 Å². The van der Waals surface area contributed by atoms with Gasteiger partial charge in [0.2, 0.25) is 5.91 Å². The van der Waals surface area contributed by atoms with Crippen molar-refractivity contribution in [2.45, 2.75) is 31.9 Å². The molecule has 2 atom stereocenters. The van der Waals surface area contributed by atoms with Gasteiger partial charge in [-0.3, -0.25) is 4.79 Å². The van der Waals surface area contributed by atoms with Gasteiger partial charge in [-0.05, 0) is 43.4 Å². The summed E-state index contributed by atoms with van der Waals surface area (Å²) in [5.41, 5.74) is 6.32. The second kappa shape index (κ2) is 6.33. The summed E-state index contributed by atoms with van der Waals surface area (Å²) >= 11 is 0. The zero-order valence-corrected chi connectivity index (χ0v) is 11.6. The summed E-state index contributed by atoms with van der Waals surface area (Å²) in [4.78, 5) is 13.5. The molecule has 1 aliphatic rings. The topological polar surface area (TPSA) is 66.6 Å². The van der Waals surface area contributed by atoms with Crippen LogP contribution in [0.4, 0.5) is 4.39 Å². The number of hydrogen-bond acceptors (Lipinski definition) is 3. The Kier molecular flexibility index (Phi) is 4.73. The first-order valence-electron chi connectivity index (χ1n) is 6.97. The number of amides is 1. The summed E-state index contributed by atoms with van der Waals surface area (Å²) < 4.78 is 12.9. The molecule has 1 fully saturated rings. The van der Waals surface area contributed by atoms with E-state index in [9.17, 15) is 14.3 Å². The van der Waals surface area contributed by atoms with Gasteiger partial charge < -0.3 is 15.7 Å². The van der Waals surface area contributed by atoms with E-state index in [0.717, 1.165) is 18.4 Å². The SMILES string of the molecule is CC(N)C(=O)N1CCC(C(O)c2ccc(F)cc2)CC1. The fourth-order valence-corrected chi connectivity index (χ4v) is 2.66. The third-order valence-corrected chi connectivity index (χ3v) is 3.90. The molecule has 3 N–H and O–H groups in total. The fourth-order valence-electron chi connectivity index (χ4n) is 2.66. The normalized spacial score (nSPS) is 19.7. The Morgan fingerprint density at radius 2 is 1.90 bits per heavy atom. The molecule has 1 aromatic rings. The average Bonchev–Trinajstić information content (AvgIpc) is 2.46. The Hall–Kier alpha value is -1.46. The lowest BCUT2D eigenvalue weighted by molar-refractivity contribution is -0.134. The van der Waals surface area contributed by atoms with E-state index in [0.29, 0.717) is 13.1 Å². The monoisotopic (exact) mass is 280 g/mol. The Morgan fingerprint density at radius 3 is 2.40 bits per heavy atom. The quantitative estimate of drug-likeness (QED) is 0.880. The van der Waals surface area contributed by atoms with Gasteiger partial charge in [0.1, 0.15) is 5.82 Å². The van der Waals surface area contributed by atoms with Gasteiger partial charge in [0, 0.05) is 13.1 Å². The minimum Gasteiger partial charge on any atom is -0.388 e. The number of rotatable bonds is 3. The molecule has 1 aromatic carbocycles. The lowest BCUT2D eigenvalue weighted by Crippen LogP contribution is -2.46. The first-order chi connectivity index (χ1) is 9.49. The molecule has 5 heteroatoms. The second-order valence-corrected chi connectivity index (χ2v) is 5.45. The lowest BCUT2D eigenvalue weighted by atomic mass is 9.87. The first-order valence-corrected chi connectivity index (χ1v) is 6.97. The smallest absolute Gasteiger partial charge is 0.239 e. The van der Waals surface area contributed by atoms with Crippen molar-refractivity contribution in [2.24, 2.45) is 11.7 Å². The highest BCUT2D eigenvalue weighted by atomic mass is 19.1. The lowest BCUT2D eigenvalue weighted by Gasteiger charge is -2.35. The van der Waals surface area contributed by atoms with Crippen LogP contribution in [0.15, 0.2) is 24.3 Å². The van der Waals surface area contributed by atoms with E-state index in [1.165, 1.54) is 12.1 Å². The number of halogens is 1. The van der Waals surface area contributed by atoms with Crippen LogP contribution in [0.5, 0.6) is 0 Å². The van der Waals surface area contributed by atoms with Crippen molar-refractivity contribution in [3.8, 4) is 0 Å². The van der Waals surface area contributed by atoms with Gasteiger partial charge in [-0.1, -0.05) is 12.1 Å². The van der Waals surface area contributed by atoms with Crippen molar-refractivity contribution in [3.63, 3.8) is 0 Å². The standard InChI is InChI=1S/C15H21FN2O2/c1-10(17)15(20)18-8-6-12(7-9-18)14(19)11-2-4-13(16)5-3-11/h2-5,10,12,14,19H,6-9,17H2,1H3. The molecule has 0 bridgehead atoms. The van der Waals surface area contributed by atoms with Crippen LogP contribution >= 0.6 is 0 Å². The summed E-state index contributed by atoms with van der Waals surface area (Å²) in [5, 5.41) is 10.3. The third-order valence-electron chi connectivity index (χ3n) is 3.90. The number of benzene rings is 1. The second-order valence-electron chi connectivity index (χ2n) is 5.45. The number of hydrogen-bond donors (Lipinski definition) is 2. The number of likely N-dealkylation sites (tertiary alicyclic amines) is 1. The fraction of sp³-hybridized carbons (Fsp3) is 0.533. The molecule has 2 rings (SSSR count). The third kappa shape index (κ3) is 3.35. The van der Waals surface area contributed by atoms with Crippen molar-refractivity contribution in [3.05, 3.63) is 35.6 Å². The number of nitrogens with two attached hydrogens (primary N) is 1. The summed E-state index contributed by atoms with van der Waals surface area (Å²) in [5.74, 6) is -0.254. The van der Waals surface area contributed by atoms with Gasteiger partial charge in [0.25, 0.3) is 0 Å². The molecule has 0 aliphatic carbocycles. The Morgan fingerprint density at radius 1 is 1.35 bits per heavy atom. The summed E-state index contributed by atoms with van der Waals surface area (Å²) in [7, 11) is 0. The highest BCUT2D eigenvalue weighted by molar-refractivity contribution is 5.81. The molecular formula is C15H21FN2O2. The van der Waals surface area contributed by atoms with Crippen molar-refractivity contribution >= 4 is 5.91 Å². The zero-order valence-electron chi connectivity index (χ0n) is 11.6. The number of aliphatic hydroxyl groups is 1. The molecule has 0 radical (unpaired) electrons. The van der Waals surface area contributed by atoms with Crippen molar-refractivity contribution in [1.82, 2.24) is 4.90 Å². The Labute approximate surface area is 118 Å². The molecule has 2 unspecified atom stereocenters. The molecule has 1 amide bonds. The van der Waals surface area contributed by atoms with Gasteiger partial charge >= 0.3 is 0 Å². The van der Waals surface area contributed by atoms with Crippen LogP contribution in [0, 0.1) is 11.7 Å². The molecule has 4 nitrogen and oxygen atoms in total. The molecule has 20 heavy (non-hydrogen) atoms. The van der Waals surface area contributed by atoms with Gasteiger partial charge in [-0.2, -0.15) is 0 Å². The van der Waals surface area contributed by atoms with Crippen LogP contribution in [0.1, 0.15) is 31.4 Å². The van der Waals surface area contributed by atoms with Gasteiger partial charge in [0.05, 0.1) is 12.1 Å². The molecule has 110 valence electrons. The maximum atomic E-state index is 12.9. The summed E-state index contributed by atoms with van der Waals surface area (Å²) in [6.45, 7) is 2.91. The van der Waals surface area contributed by atoms with Crippen LogP contribution in [0.3, 0.4) is 0 Å². The van der Waals surface area contributed by atoms with E-state index in [1.807, 2.05) is 0 Å². The number of carbonyl (C=O) groups excluding carboxylic acids is 1. The van der Waals surface area contributed by atoms with Crippen LogP contribution in [0.25, 0.3) is 0 Å². The van der Waals surface area contributed by atoms with E-state index in [2.05, 4.69) is 0 Å². The maximum absolute atomic E-state index is 12.9. The minimum atomic E-state index is -0.608. The Balaban J connectivity index is 1.93. The number of piperidine rings is 1. The van der Waals surface area contributed by atoms with E-state index in [4.69, 9.17) is 5.73 Å². The van der Waals surface area contributed by atoms with Gasteiger partial charge in [-0.15, -0.1) is 0 Å². The number of aliphatic hydroxyl groups excluding tert-OH is 1. The molecular weight excluding hydrogens is 259 g/mol. The van der Waals surface area contributed by atoms with Crippen LogP contribution < -0.4 is 5.73 Å². The average molecular weight is 280 g/mol. The molecule has 1 aliphatic heterocycles. The van der Waals surface area contributed by atoms with Crippen LogP contribution in [-0.2, 0) is 4.79 Å². The van der Waals surface area contributed by atoms with E-state index in [-0.39, 0.29) is 17.6 Å². The van der Waals surface area contributed by atoms with Crippen molar-refractivity contribution < 1.29 is 14.3 Å². The van der Waals surface area contributed by atoms with Gasteiger partial charge in [-0.25, -0.2) is 4.39 Å². The summed E-state index contributed by atoms with van der Waals surface area (Å²) in [6.07, 6.45) is 0.858. The van der Waals surface area contributed by atoms with Crippen molar-refractivity contribution in [2.75, 3.05) is 13.1 Å². The Bertz CT molecular complexity index is 453. The zero-order chi connectivity index (χ0) is 14.7. The van der Waals surface area contributed by atoms with E-state index < -0.39 is 12.1 Å². The molecule has 0 saturated carbocycles.